The molecule has 0 spiro atoms. The van der Waals surface area contributed by atoms with Crippen molar-refractivity contribution in [2.45, 2.75) is 32.4 Å². The van der Waals surface area contributed by atoms with Crippen molar-refractivity contribution >= 4 is 5.69 Å². The minimum absolute atomic E-state index is 0.739. The second-order valence-electron chi connectivity index (χ2n) is 5.74. The normalized spacial score (nSPS) is 15.0. The number of ether oxygens (including phenoxy) is 1. The van der Waals surface area contributed by atoms with E-state index in [2.05, 4.69) is 28.4 Å². The highest BCUT2D eigenvalue weighted by Gasteiger charge is 2.15. The van der Waals surface area contributed by atoms with Crippen LogP contribution < -0.4 is 15.0 Å². The molecule has 1 fully saturated rings. The van der Waals surface area contributed by atoms with Crippen LogP contribution in [-0.4, -0.2) is 20.2 Å². The summed E-state index contributed by atoms with van der Waals surface area (Å²) in [6, 6.07) is 10.4. The first-order valence-electron chi connectivity index (χ1n) is 8.02. The highest BCUT2D eigenvalue weighted by atomic mass is 16.5. The Kier molecular flexibility index (Phi) is 5.01. The van der Waals surface area contributed by atoms with Crippen LogP contribution in [-0.2, 0) is 13.1 Å². The first-order valence-corrected chi connectivity index (χ1v) is 8.02. The smallest absolute Gasteiger partial charge is 0.142 e. The third-order valence-electron chi connectivity index (χ3n) is 4.15. The molecule has 2 aromatic rings. The van der Waals surface area contributed by atoms with E-state index in [-0.39, 0.29) is 0 Å². The van der Waals surface area contributed by atoms with Crippen LogP contribution in [0, 0.1) is 0 Å². The molecule has 0 saturated carbocycles. The summed E-state index contributed by atoms with van der Waals surface area (Å²) < 4.78 is 10.9. The summed E-state index contributed by atoms with van der Waals surface area (Å²) in [5.41, 5.74) is 2.45. The molecule has 4 heteroatoms. The van der Waals surface area contributed by atoms with Crippen LogP contribution in [0.3, 0.4) is 0 Å². The molecule has 1 N–H and O–H groups in total. The maximum absolute atomic E-state index is 5.60. The van der Waals surface area contributed by atoms with E-state index in [0.717, 1.165) is 37.7 Å². The van der Waals surface area contributed by atoms with E-state index in [1.165, 1.54) is 30.5 Å². The van der Waals surface area contributed by atoms with E-state index in [1.54, 1.807) is 13.4 Å². The molecule has 1 aliphatic heterocycles. The van der Waals surface area contributed by atoms with Crippen LogP contribution in [0.1, 0.15) is 30.6 Å². The first kappa shape index (κ1) is 15.0. The Morgan fingerprint density at radius 1 is 1.14 bits per heavy atom. The van der Waals surface area contributed by atoms with Crippen LogP contribution in [0.2, 0.25) is 0 Å². The van der Waals surface area contributed by atoms with Crippen molar-refractivity contribution in [1.82, 2.24) is 5.32 Å². The van der Waals surface area contributed by atoms with Crippen molar-refractivity contribution in [3.8, 4) is 5.75 Å². The fourth-order valence-corrected chi connectivity index (χ4v) is 2.97. The predicted molar refractivity (Wildman–Crippen MR) is 88.3 cm³/mol. The second-order valence-corrected chi connectivity index (χ2v) is 5.74. The lowest BCUT2D eigenvalue weighted by Gasteiger charge is -2.30. The van der Waals surface area contributed by atoms with Crippen LogP contribution in [0.25, 0.3) is 0 Å². The van der Waals surface area contributed by atoms with Crippen LogP contribution in [0.15, 0.2) is 41.0 Å². The van der Waals surface area contributed by atoms with Gasteiger partial charge in [-0.25, -0.2) is 0 Å². The molecular weight excluding hydrogens is 276 g/mol. The monoisotopic (exact) mass is 300 g/mol. The zero-order valence-electron chi connectivity index (χ0n) is 13.2. The van der Waals surface area contributed by atoms with E-state index in [1.807, 2.05) is 12.1 Å². The van der Waals surface area contributed by atoms with E-state index >= 15 is 0 Å². The molecule has 1 saturated heterocycles. The summed E-state index contributed by atoms with van der Waals surface area (Å²) in [4.78, 5) is 2.43. The molecule has 1 aromatic heterocycles. The van der Waals surface area contributed by atoms with Crippen molar-refractivity contribution < 1.29 is 9.15 Å². The number of methoxy groups -OCH3 is 1. The number of nitrogens with one attached hydrogen (secondary N) is 1. The standard InChI is InChI=1S/C18H24N2O2/c1-21-18-12-15(13-19-14-16-6-5-11-22-16)7-8-17(18)20-9-3-2-4-10-20/h5-8,11-12,19H,2-4,9-10,13-14H2,1H3. The van der Waals surface area contributed by atoms with Crippen LogP contribution in [0.4, 0.5) is 5.69 Å². The van der Waals surface area contributed by atoms with Gasteiger partial charge in [0.1, 0.15) is 11.5 Å². The summed E-state index contributed by atoms with van der Waals surface area (Å²) in [6.45, 7) is 3.80. The third kappa shape index (κ3) is 3.63. The van der Waals surface area contributed by atoms with Gasteiger partial charge in [-0.05, 0) is 49.1 Å². The Balaban J connectivity index is 1.63. The number of nitrogens with zero attached hydrogens (tertiary/aromatic N) is 1. The Labute approximate surface area is 132 Å². The minimum Gasteiger partial charge on any atom is -0.495 e. The van der Waals surface area contributed by atoms with E-state index in [4.69, 9.17) is 9.15 Å². The Morgan fingerprint density at radius 3 is 2.73 bits per heavy atom. The molecule has 0 bridgehead atoms. The number of hydrogen-bond acceptors (Lipinski definition) is 4. The van der Waals surface area contributed by atoms with Gasteiger partial charge in [0.2, 0.25) is 0 Å². The molecule has 0 amide bonds. The highest BCUT2D eigenvalue weighted by Crippen LogP contribution is 2.31. The Morgan fingerprint density at radius 2 is 2.00 bits per heavy atom. The molecule has 2 heterocycles. The van der Waals surface area contributed by atoms with E-state index in [0.29, 0.717) is 0 Å². The average molecular weight is 300 g/mol. The quantitative estimate of drug-likeness (QED) is 0.885. The molecule has 1 aliphatic rings. The molecule has 0 unspecified atom stereocenters. The molecule has 22 heavy (non-hydrogen) atoms. The maximum atomic E-state index is 5.60. The lowest BCUT2D eigenvalue weighted by molar-refractivity contribution is 0.411. The van der Waals surface area contributed by atoms with Crippen LogP contribution in [0.5, 0.6) is 5.75 Å². The topological polar surface area (TPSA) is 37.6 Å². The van der Waals surface area contributed by atoms with Gasteiger partial charge in [0.25, 0.3) is 0 Å². The maximum Gasteiger partial charge on any atom is 0.142 e. The van der Waals surface area contributed by atoms with Crippen molar-refractivity contribution in [3.63, 3.8) is 0 Å². The fourth-order valence-electron chi connectivity index (χ4n) is 2.97. The lowest BCUT2D eigenvalue weighted by Crippen LogP contribution is -2.29. The van der Waals surface area contributed by atoms with E-state index < -0.39 is 0 Å². The van der Waals surface area contributed by atoms with E-state index in [9.17, 15) is 0 Å². The van der Waals surface area contributed by atoms with Gasteiger partial charge in [0.05, 0.1) is 25.6 Å². The highest BCUT2D eigenvalue weighted by molar-refractivity contribution is 5.60. The largest absolute Gasteiger partial charge is 0.495 e. The van der Waals surface area contributed by atoms with Gasteiger partial charge in [-0.2, -0.15) is 0 Å². The number of benzene rings is 1. The molecule has 0 atom stereocenters. The summed E-state index contributed by atoms with van der Waals surface area (Å²) in [5, 5.41) is 3.39. The lowest BCUT2D eigenvalue weighted by atomic mass is 10.1. The Bertz CT molecular complexity index is 575. The van der Waals surface area contributed by atoms with Crippen molar-refractivity contribution in [2.75, 3.05) is 25.1 Å². The molecule has 3 rings (SSSR count). The molecule has 1 aromatic carbocycles. The van der Waals surface area contributed by atoms with Crippen molar-refractivity contribution in [1.29, 1.82) is 0 Å². The Hall–Kier alpha value is -1.94. The van der Waals surface area contributed by atoms with Gasteiger partial charge >= 0.3 is 0 Å². The van der Waals surface area contributed by atoms with Gasteiger partial charge in [-0.3, -0.25) is 0 Å². The number of anilines is 1. The summed E-state index contributed by atoms with van der Waals surface area (Å²) in [7, 11) is 1.75. The number of rotatable bonds is 6. The van der Waals surface area contributed by atoms with Crippen molar-refractivity contribution in [3.05, 3.63) is 47.9 Å². The minimum atomic E-state index is 0.739. The third-order valence-corrected chi connectivity index (χ3v) is 4.15. The second kappa shape index (κ2) is 7.36. The number of piperidine rings is 1. The molecule has 0 radical (unpaired) electrons. The first-order chi connectivity index (χ1) is 10.9. The molecular formula is C18H24N2O2. The number of hydrogen-bond donors (Lipinski definition) is 1. The molecule has 4 nitrogen and oxygen atoms in total. The van der Waals surface area contributed by atoms with Gasteiger partial charge < -0.3 is 19.4 Å². The van der Waals surface area contributed by atoms with Crippen molar-refractivity contribution in [2.24, 2.45) is 0 Å². The summed E-state index contributed by atoms with van der Waals surface area (Å²) >= 11 is 0. The fraction of sp³-hybridized carbons (Fsp3) is 0.444. The average Bonchev–Trinajstić information content (AvgIpc) is 3.09. The molecule has 0 aliphatic carbocycles. The van der Waals surface area contributed by atoms with Gasteiger partial charge in [-0.15, -0.1) is 0 Å². The van der Waals surface area contributed by atoms with Gasteiger partial charge in [0, 0.05) is 19.6 Å². The predicted octanol–water partition coefficient (Wildman–Crippen LogP) is 3.57. The summed E-state index contributed by atoms with van der Waals surface area (Å²) in [6.07, 6.45) is 5.59. The summed E-state index contributed by atoms with van der Waals surface area (Å²) in [5.74, 6) is 1.93. The SMILES string of the molecule is COc1cc(CNCc2ccco2)ccc1N1CCCCC1. The van der Waals surface area contributed by atoms with Gasteiger partial charge in [-0.1, -0.05) is 6.07 Å². The van der Waals surface area contributed by atoms with Gasteiger partial charge in [0.15, 0.2) is 0 Å². The van der Waals surface area contributed by atoms with Crippen LogP contribution >= 0.6 is 0 Å². The molecule has 118 valence electrons. The zero-order chi connectivity index (χ0) is 15.2. The zero-order valence-corrected chi connectivity index (χ0v) is 13.2. The number of furan rings is 1.